The maximum Gasteiger partial charge on any atom is 0.127 e. The predicted molar refractivity (Wildman–Crippen MR) is 96.7 cm³/mol. The maximum absolute atomic E-state index is 10.7. The second-order valence-electron chi connectivity index (χ2n) is 7.98. The number of hydrogen-bond acceptors (Lipinski definition) is 3. The molecule has 1 aromatic rings. The lowest BCUT2D eigenvalue weighted by Gasteiger charge is -2.47. The standard InChI is InChI=1S/C21H30O3/c1-5-6-7-8-14-10-18(23)20-15-9-13(2)17(22)12-16(15)21(3,4)24-19(20)11-14/h9-11,15-17,22-23H,5-8,12H2,1-4H3/t15?,16?,17-/m0/s1. The van der Waals surface area contributed by atoms with Gasteiger partial charge in [0.15, 0.2) is 0 Å². The summed E-state index contributed by atoms with van der Waals surface area (Å²) in [6.07, 6.45) is 6.89. The molecule has 0 radical (unpaired) electrons. The van der Waals surface area contributed by atoms with Gasteiger partial charge in [0.05, 0.1) is 6.10 Å². The lowest BCUT2D eigenvalue weighted by Crippen LogP contribution is -2.47. The van der Waals surface area contributed by atoms with E-state index in [2.05, 4.69) is 32.9 Å². The Labute approximate surface area is 145 Å². The van der Waals surface area contributed by atoms with Gasteiger partial charge in [-0.1, -0.05) is 25.8 Å². The third-order valence-electron chi connectivity index (χ3n) is 5.73. The number of hydrogen-bond donors (Lipinski definition) is 2. The van der Waals surface area contributed by atoms with Crippen LogP contribution in [-0.4, -0.2) is 21.9 Å². The topological polar surface area (TPSA) is 49.7 Å². The molecule has 0 spiro atoms. The fourth-order valence-electron chi connectivity index (χ4n) is 4.25. The van der Waals surface area contributed by atoms with Crippen LogP contribution in [0, 0.1) is 5.92 Å². The zero-order valence-corrected chi connectivity index (χ0v) is 15.3. The number of phenolic OH excluding ortho intramolecular Hbond substituents is 1. The van der Waals surface area contributed by atoms with Crippen molar-refractivity contribution in [2.45, 2.75) is 77.4 Å². The predicted octanol–water partition coefficient (Wildman–Crippen LogP) is 4.71. The van der Waals surface area contributed by atoms with E-state index in [9.17, 15) is 10.2 Å². The molecule has 1 aromatic carbocycles. The van der Waals surface area contributed by atoms with Crippen molar-refractivity contribution in [3.05, 3.63) is 34.9 Å². The van der Waals surface area contributed by atoms with Crippen LogP contribution in [0.5, 0.6) is 11.5 Å². The second-order valence-corrected chi connectivity index (χ2v) is 7.98. The first-order valence-corrected chi connectivity index (χ1v) is 9.24. The van der Waals surface area contributed by atoms with Crippen LogP contribution >= 0.6 is 0 Å². The van der Waals surface area contributed by atoms with E-state index in [0.717, 1.165) is 35.3 Å². The molecule has 1 heterocycles. The molecule has 2 unspecified atom stereocenters. The van der Waals surface area contributed by atoms with E-state index >= 15 is 0 Å². The molecule has 0 saturated carbocycles. The van der Waals surface area contributed by atoms with E-state index in [0.29, 0.717) is 12.2 Å². The molecule has 1 aliphatic heterocycles. The molecular formula is C21H30O3. The Balaban J connectivity index is 2.00. The Hall–Kier alpha value is -1.48. The van der Waals surface area contributed by atoms with Gasteiger partial charge in [0, 0.05) is 17.4 Å². The Morgan fingerprint density at radius 2 is 2.00 bits per heavy atom. The fraction of sp³-hybridized carbons (Fsp3) is 0.619. The molecule has 3 nitrogen and oxygen atoms in total. The summed E-state index contributed by atoms with van der Waals surface area (Å²) in [6, 6.07) is 4.01. The number of aryl methyl sites for hydroxylation is 1. The van der Waals surface area contributed by atoms with Crippen molar-refractivity contribution < 1.29 is 14.9 Å². The quantitative estimate of drug-likeness (QED) is 0.621. The van der Waals surface area contributed by atoms with Crippen molar-refractivity contribution in [3.63, 3.8) is 0 Å². The van der Waals surface area contributed by atoms with Gasteiger partial charge in [0.1, 0.15) is 17.1 Å². The van der Waals surface area contributed by atoms with E-state index in [4.69, 9.17) is 4.74 Å². The summed E-state index contributed by atoms with van der Waals surface area (Å²) in [5, 5.41) is 20.9. The largest absolute Gasteiger partial charge is 0.507 e. The summed E-state index contributed by atoms with van der Waals surface area (Å²) in [4.78, 5) is 0. The van der Waals surface area contributed by atoms with Gasteiger partial charge >= 0.3 is 0 Å². The molecule has 24 heavy (non-hydrogen) atoms. The van der Waals surface area contributed by atoms with E-state index in [1.54, 1.807) is 0 Å². The lowest BCUT2D eigenvalue weighted by atomic mass is 9.67. The van der Waals surface area contributed by atoms with Gasteiger partial charge in [-0.2, -0.15) is 0 Å². The molecular weight excluding hydrogens is 300 g/mol. The molecule has 2 aliphatic rings. The first kappa shape index (κ1) is 17.3. The van der Waals surface area contributed by atoms with Crippen LogP contribution in [0.1, 0.15) is 70.4 Å². The molecule has 0 amide bonds. The van der Waals surface area contributed by atoms with Crippen molar-refractivity contribution in [3.8, 4) is 11.5 Å². The van der Waals surface area contributed by atoms with E-state index < -0.39 is 6.10 Å². The van der Waals surface area contributed by atoms with Crippen LogP contribution in [0.4, 0.5) is 0 Å². The highest BCUT2D eigenvalue weighted by molar-refractivity contribution is 5.54. The minimum Gasteiger partial charge on any atom is -0.507 e. The number of ether oxygens (including phenoxy) is 1. The highest BCUT2D eigenvalue weighted by Crippen LogP contribution is 2.53. The number of aliphatic hydroxyl groups excluding tert-OH is 1. The highest BCUT2D eigenvalue weighted by atomic mass is 16.5. The Morgan fingerprint density at radius 1 is 1.25 bits per heavy atom. The summed E-state index contributed by atoms with van der Waals surface area (Å²) < 4.78 is 6.30. The van der Waals surface area contributed by atoms with Gasteiger partial charge < -0.3 is 14.9 Å². The number of aromatic hydroxyl groups is 1. The van der Waals surface area contributed by atoms with Crippen LogP contribution in [0.3, 0.4) is 0 Å². The van der Waals surface area contributed by atoms with Gasteiger partial charge in [-0.25, -0.2) is 0 Å². The molecule has 1 aliphatic carbocycles. The molecule has 3 heteroatoms. The third-order valence-corrected chi connectivity index (χ3v) is 5.73. The highest BCUT2D eigenvalue weighted by Gasteiger charge is 2.47. The lowest BCUT2D eigenvalue weighted by molar-refractivity contribution is -0.00919. The van der Waals surface area contributed by atoms with E-state index in [-0.39, 0.29) is 17.4 Å². The summed E-state index contributed by atoms with van der Waals surface area (Å²) in [7, 11) is 0. The van der Waals surface area contributed by atoms with Gasteiger partial charge in [-0.05, 0) is 63.3 Å². The summed E-state index contributed by atoms with van der Waals surface area (Å²) in [5.74, 6) is 1.43. The number of allylic oxidation sites excluding steroid dienone is 1. The van der Waals surface area contributed by atoms with Gasteiger partial charge in [0.25, 0.3) is 0 Å². The van der Waals surface area contributed by atoms with Crippen molar-refractivity contribution in [1.29, 1.82) is 0 Å². The molecule has 3 atom stereocenters. The Bertz CT molecular complexity index is 645. The smallest absolute Gasteiger partial charge is 0.127 e. The average molecular weight is 330 g/mol. The van der Waals surface area contributed by atoms with Crippen molar-refractivity contribution in [2.24, 2.45) is 5.92 Å². The molecule has 0 bridgehead atoms. The summed E-state index contributed by atoms with van der Waals surface area (Å²) in [5.41, 5.74) is 2.67. The minimum absolute atomic E-state index is 0.108. The summed E-state index contributed by atoms with van der Waals surface area (Å²) in [6.45, 7) is 8.35. The van der Waals surface area contributed by atoms with Crippen LogP contribution in [0.25, 0.3) is 0 Å². The first-order chi connectivity index (χ1) is 11.3. The first-order valence-electron chi connectivity index (χ1n) is 9.24. The van der Waals surface area contributed by atoms with Crippen molar-refractivity contribution in [1.82, 2.24) is 0 Å². The molecule has 3 rings (SSSR count). The molecule has 0 saturated heterocycles. The van der Waals surface area contributed by atoms with Crippen LogP contribution < -0.4 is 4.74 Å². The van der Waals surface area contributed by atoms with Crippen LogP contribution in [-0.2, 0) is 6.42 Å². The van der Waals surface area contributed by atoms with Crippen LogP contribution in [0.2, 0.25) is 0 Å². The third kappa shape index (κ3) is 3.06. The number of fused-ring (bicyclic) bond motifs is 3. The summed E-state index contributed by atoms with van der Waals surface area (Å²) >= 11 is 0. The maximum atomic E-state index is 10.7. The number of benzene rings is 1. The SMILES string of the molecule is CCCCCc1cc(O)c2c(c1)OC(C)(C)C1C[C@H](O)C(C)=CC21. The number of rotatable bonds is 4. The number of aliphatic hydroxyl groups is 1. The van der Waals surface area contributed by atoms with E-state index in [1.165, 1.54) is 12.8 Å². The van der Waals surface area contributed by atoms with Crippen molar-refractivity contribution in [2.75, 3.05) is 0 Å². The Kier molecular flexibility index (Phi) is 4.65. The monoisotopic (exact) mass is 330 g/mol. The fourth-order valence-corrected chi connectivity index (χ4v) is 4.25. The minimum atomic E-state index is -0.411. The Morgan fingerprint density at radius 3 is 2.71 bits per heavy atom. The van der Waals surface area contributed by atoms with E-state index in [1.807, 2.05) is 13.0 Å². The van der Waals surface area contributed by atoms with Gasteiger partial charge in [0.2, 0.25) is 0 Å². The molecule has 132 valence electrons. The molecule has 0 aromatic heterocycles. The number of unbranched alkanes of at least 4 members (excludes halogenated alkanes) is 2. The normalized spacial score (nSPS) is 27.7. The van der Waals surface area contributed by atoms with Crippen LogP contribution in [0.15, 0.2) is 23.8 Å². The number of phenols is 1. The average Bonchev–Trinajstić information content (AvgIpc) is 2.49. The molecule has 0 fully saturated rings. The van der Waals surface area contributed by atoms with Gasteiger partial charge in [-0.15, -0.1) is 0 Å². The second kappa shape index (κ2) is 6.44. The van der Waals surface area contributed by atoms with Crippen molar-refractivity contribution >= 4 is 0 Å². The zero-order valence-electron chi connectivity index (χ0n) is 15.3. The zero-order chi connectivity index (χ0) is 17.5. The van der Waals surface area contributed by atoms with Gasteiger partial charge in [-0.3, -0.25) is 0 Å². The molecule has 2 N–H and O–H groups in total.